The third-order valence-electron chi connectivity index (χ3n) is 5.60. The normalized spacial score (nSPS) is 30.8. The largest absolute Gasteiger partial charge is 0.326 e. The lowest BCUT2D eigenvalue weighted by atomic mass is 9.87. The van der Waals surface area contributed by atoms with Crippen molar-refractivity contribution >= 4 is 15.9 Å². The van der Waals surface area contributed by atoms with Crippen LogP contribution in [0, 0.1) is 17.8 Å². The number of benzene rings is 1. The molecule has 0 aliphatic heterocycles. The molecule has 2 saturated carbocycles. The minimum absolute atomic E-state index is 0.132. The molecule has 2 nitrogen and oxygen atoms in total. The summed E-state index contributed by atoms with van der Waals surface area (Å²) in [6.07, 6.45) is 5.86. The number of hydrogen-bond donors (Lipinski definition) is 1. The second kappa shape index (κ2) is 6.39. The zero-order valence-corrected chi connectivity index (χ0v) is 14.7. The van der Waals surface area contributed by atoms with E-state index in [1.807, 2.05) is 0 Å². The molecule has 2 N–H and O–H groups in total. The highest BCUT2D eigenvalue weighted by molar-refractivity contribution is 9.10. The molecule has 2 bridgehead atoms. The Balaban J connectivity index is 1.73. The first-order valence-electron chi connectivity index (χ1n) is 8.26. The van der Waals surface area contributed by atoms with Gasteiger partial charge in [-0.2, -0.15) is 0 Å². The number of hydrogen-bond acceptors (Lipinski definition) is 2. The summed E-state index contributed by atoms with van der Waals surface area (Å²) in [7, 11) is 2.25. The van der Waals surface area contributed by atoms with Crippen molar-refractivity contribution in [2.75, 3.05) is 13.6 Å². The predicted molar refractivity (Wildman–Crippen MR) is 92.1 cm³/mol. The summed E-state index contributed by atoms with van der Waals surface area (Å²) >= 11 is 3.70. The molecule has 2 fully saturated rings. The van der Waals surface area contributed by atoms with E-state index in [1.165, 1.54) is 42.3 Å². The summed E-state index contributed by atoms with van der Waals surface area (Å²) in [4.78, 5) is 2.50. The summed E-state index contributed by atoms with van der Waals surface area (Å²) in [5.41, 5.74) is 7.64. The van der Waals surface area contributed by atoms with Crippen LogP contribution in [0.2, 0.25) is 0 Å². The molecule has 0 radical (unpaired) electrons. The van der Waals surface area contributed by atoms with Gasteiger partial charge in [0.2, 0.25) is 0 Å². The fourth-order valence-corrected chi connectivity index (χ4v) is 5.24. The van der Waals surface area contributed by atoms with E-state index in [1.54, 1.807) is 0 Å². The highest BCUT2D eigenvalue weighted by Gasteiger charge is 2.40. The quantitative estimate of drug-likeness (QED) is 0.861. The van der Waals surface area contributed by atoms with E-state index in [0.29, 0.717) is 6.04 Å². The number of halogens is 1. The molecule has 5 unspecified atom stereocenters. The topological polar surface area (TPSA) is 29.3 Å². The first kappa shape index (κ1) is 15.5. The number of rotatable bonds is 5. The van der Waals surface area contributed by atoms with Gasteiger partial charge in [0.05, 0.1) is 6.04 Å². The van der Waals surface area contributed by atoms with Gasteiger partial charge in [0.1, 0.15) is 0 Å². The number of likely N-dealkylation sites (N-methyl/N-ethyl adjacent to an activating group) is 1. The van der Waals surface area contributed by atoms with E-state index >= 15 is 0 Å². The van der Waals surface area contributed by atoms with Crippen molar-refractivity contribution < 1.29 is 0 Å². The molecule has 1 aromatic carbocycles. The van der Waals surface area contributed by atoms with E-state index < -0.39 is 0 Å². The molecule has 0 heterocycles. The minimum atomic E-state index is 0.132. The van der Waals surface area contributed by atoms with Crippen LogP contribution in [0.5, 0.6) is 0 Å². The van der Waals surface area contributed by atoms with Gasteiger partial charge in [0.25, 0.3) is 0 Å². The monoisotopic (exact) mass is 350 g/mol. The van der Waals surface area contributed by atoms with Crippen LogP contribution in [0.15, 0.2) is 28.7 Å². The SMILES string of the molecule is CC(N)C(c1ccccc1Br)N(C)CC1CC2CCC1C2. The highest BCUT2D eigenvalue weighted by atomic mass is 79.9. The van der Waals surface area contributed by atoms with Crippen LogP contribution in [0.1, 0.15) is 44.2 Å². The van der Waals surface area contributed by atoms with Crippen LogP contribution in [-0.2, 0) is 0 Å². The Hall–Kier alpha value is -0.380. The number of nitrogens with two attached hydrogens (primary N) is 1. The summed E-state index contributed by atoms with van der Waals surface area (Å²) in [6.45, 7) is 3.32. The lowest BCUT2D eigenvalue weighted by Crippen LogP contribution is -2.40. The Morgan fingerprint density at radius 2 is 2.05 bits per heavy atom. The summed E-state index contributed by atoms with van der Waals surface area (Å²) in [5, 5.41) is 0. The van der Waals surface area contributed by atoms with Gasteiger partial charge in [-0.1, -0.05) is 40.5 Å². The van der Waals surface area contributed by atoms with Gasteiger partial charge in [-0.15, -0.1) is 0 Å². The lowest BCUT2D eigenvalue weighted by molar-refractivity contribution is 0.158. The average molecular weight is 351 g/mol. The Bertz CT molecular complexity index is 488. The highest BCUT2D eigenvalue weighted by Crippen LogP contribution is 2.48. The van der Waals surface area contributed by atoms with Crippen LogP contribution < -0.4 is 5.73 Å². The molecule has 2 aliphatic carbocycles. The van der Waals surface area contributed by atoms with Crippen LogP contribution in [-0.4, -0.2) is 24.5 Å². The van der Waals surface area contributed by atoms with E-state index in [0.717, 1.165) is 17.8 Å². The Morgan fingerprint density at radius 1 is 1.29 bits per heavy atom. The Kier molecular flexibility index (Phi) is 4.72. The second-order valence-corrected chi connectivity index (χ2v) is 8.05. The number of nitrogens with zero attached hydrogens (tertiary/aromatic N) is 1. The van der Waals surface area contributed by atoms with Crippen molar-refractivity contribution in [1.29, 1.82) is 0 Å². The molecule has 116 valence electrons. The molecule has 0 amide bonds. The maximum Gasteiger partial charge on any atom is 0.0504 e. The Labute approximate surface area is 137 Å². The van der Waals surface area contributed by atoms with E-state index in [9.17, 15) is 0 Å². The molecule has 2 aliphatic rings. The van der Waals surface area contributed by atoms with Crippen molar-refractivity contribution in [2.24, 2.45) is 23.5 Å². The molecular weight excluding hydrogens is 324 g/mol. The second-order valence-electron chi connectivity index (χ2n) is 7.20. The van der Waals surface area contributed by atoms with Gasteiger partial charge < -0.3 is 5.73 Å². The zero-order valence-electron chi connectivity index (χ0n) is 13.1. The van der Waals surface area contributed by atoms with E-state index in [4.69, 9.17) is 5.73 Å². The van der Waals surface area contributed by atoms with Gasteiger partial charge >= 0.3 is 0 Å². The van der Waals surface area contributed by atoms with Gasteiger partial charge in [-0.05, 0) is 62.6 Å². The molecule has 0 spiro atoms. The van der Waals surface area contributed by atoms with Crippen LogP contribution in [0.4, 0.5) is 0 Å². The molecule has 3 rings (SSSR count). The standard InChI is InChI=1S/C18H27BrN2/c1-12(20)18(16-5-3-4-6-17(16)19)21(2)11-15-10-13-7-8-14(15)9-13/h3-6,12-15,18H,7-11,20H2,1-2H3. The summed E-state index contributed by atoms with van der Waals surface area (Å²) < 4.78 is 1.17. The van der Waals surface area contributed by atoms with Crippen molar-refractivity contribution in [3.8, 4) is 0 Å². The van der Waals surface area contributed by atoms with Crippen LogP contribution >= 0.6 is 15.9 Å². The lowest BCUT2D eigenvalue weighted by Gasteiger charge is -2.35. The average Bonchev–Trinajstić information content (AvgIpc) is 3.03. The molecule has 1 aromatic rings. The van der Waals surface area contributed by atoms with Crippen molar-refractivity contribution in [3.05, 3.63) is 34.3 Å². The van der Waals surface area contributed by atoms with Gasteiger partial charge in [0.15, 0.2) is 0 Å². The summed E-state index contributed by atoms with van der Waals surface area (Å²) in [6, 6.07) is 8.93. The Morgan fingerprint density at radius 3 is 2.62 bits per heavy atom. The smallest absolute Gasteiger partial charge is 0.0504 e. The molecule has 5 atom stereocenters. The molecule has 0 aromatic heterocycles. The fourth-order valence-electron chi connectivity index (χ4n) is 4.72. The van der Waals surface area contributed by atoms with Crippen molar-refractivity contribution in [3.63, 3.8) is 0 Å². The van der Waals surface area contributed by atoms with Crippen molar-refractivity contribution in [1.82, 2.24) is 4.90 Å². The predicted octanol–water partition coefficient (Wildman–Crippen LogP) is 4.21. The van der Waals surface area contributed by atoms with Gasteiger partial charge in [-0.25, -0.2) is 0 Å². The van der Waals surface area contributed by atoms with Crippen molar-refractivity contribution in [2.45, 2.75) is 44.7 Å². The van der Waals surface area contributed by atoms with E-state index in [-0.39, 0.29) is 6.04 Å². The van der Waals surface area contributed by atoms with Crippen LogP contribution in [0.25, 0.3) is 0 Å². The first-order valence-corrected chi connectivity index (χ1v) is 9.05. The molecule has 0 saturated heterocycles. The van der Waals surface area contributed by atoms with Gasteiger partial charge in [0, 0.05) is 17.1 Å². The molecule has 3 heteroatoms. The maximum atomic E-state index is 6.33. The zero-order chi connectivity index (χ0) is 15.0. The third-order valence-corrected chi connectivity index (χ3v) is 6.33. The van der Waals surface area contributed by atoms with Crippen LogP contribution in [0.3, 0.4) is 0 Å². The maximum absolute atomic E-state index is 6.33. The van der Waals surface area contributed by atoms with Gasteiger partial charge in [-0.3, -0.25) is 4.90 Å². The third kappa shape index (κ3) is 3.20. The number of fused-ring (bicyclic) bond motifs is 2. The minimum Gasteiger partial charge on any atom is -0.326 e. The summed E-state index contributed by atoms with van der Waals surface area (Å²) in [5.74, 6) is 2.88. The molecular formula is C18H27BrN2. The van der Waals surface area contributed by atoms with E-state index in [2.05, 4.69) is 59.1 Å². The fraction of sp³-hybridized carbons (Fsp3) is 0.667. The first-order chi connectivity index (χ1) is 10.1. The molecule has 21 heavy (non-hydrogen) atoms.